The molecule has 26 heavy (non-hydrogen) atoms. The van der Waals surface area contributed by atoms with E-state index in [0.29, 0.717) is 34.5 Å². The average Bonchev–Trinajstić information content (AvgIpc) is 3.32. The zero-order valence-corrected chi connectivity index (χ0v) is 16.3. The van der Waals surface area contributed by atoms with Gasteiger partial charge in [-0.1, -0.05) is 0 Å². The first-order valence-corrected chi connectivity index (χ1v) is 10.3. The van der Waals surface area contributed by atoms with Gasteiger partial charge < -0.3 is 4.42 Å². The van der Waals surface area contributed by atoms with Gasteiger partial charge in [0.25, 0.3) is 15.6 Å². The van der Waals surface area contributed by atoms with Gasteiger partial charge in [0.2, 0.25) is 5.09 Å². The number of fused-ring (bicyclic) bond motifs is 1. The van der Waals surface area contributed by atoms with Crippen LogP contribution in [0.15, 0.2) is 37.4 Å². The molecular formula is C15H16BrN5O4S. The summed E-state index contributed by atoms with van der Waals surface area (Å²) in [4.78, 5) is 16.9. The van der Waals surface area contributed by atoms with Crippen LogP contribution in [0.2, 0.25) is 0 Å². The molecule has 0 unspecified atom stereocenters. The highest BCUT2D eigenvalue weighted by Gasteiger charge is 2.30. The van der Waals surface area contributed by atoms with E-state index in [4.69, 9.17) is 4.42 Å². The number of halogens is 1. The van der Waals surface area contributed by atoms with E-state index in [1.54, 1.807) is 13.1 Å². The summed E-state index contributed by atoms with van der Waals surface area (Å²) in [6.07, 6.45) is 3.11. The van der Waals surface area contributed by atoms with E-state index < -0.39 is 10.0 Å². The Labute approximate surface area is 157 Å². The smallest absolute Gasteiger partial charge is 0.276 e. The van der Waals surface area contributed by atoms with Gasteiger partial charge in [0, 0.05) is 20.1 Å². The standard InChI is InChI=1S/C15H16BrN5O4S/c1-19-14-12(13(16)18-19)15(22)20(9-17-14)8-10-4-5-11(25-10)26(23,24)21-6-2-3-7-21/h4-5,9H,2-3,6-8H2,1H3. The van der Waals surface area contributed by atoms with E-state index in [1.165, 1.54) is 25.9 Å². The van der Waals surface area contributed by atoms with Crippen molar-refractivity contribution in [2.24, 2.45) is 7.05 Å². The molecule has 0 saturated carbocycles. The molecule has 4 rings (SSSR count). The van der Waals surface area contributed by atoms with E-state index in [9.17, 15) is 13.2 Å². The molecule has 138 valence electrons. The van der Waals surface area contributed by atoms with Gasteiger partial charge in [0.1, 0.15) is 22.1 Å². The summed E-state index contributed by atoms with van der Waals surface area (Å²) in [6.45, 7) is 1.10. The van der Waals surface area contributed by atoms with Gasteiger partial charge in [-0.3, -0.25) is 9.36 Å². The van der Waals surface area contributed by atoms with Crippen LogP contribution in [-0.4, -0.2) is 45.1 Å². The number of aromatic nitrogens is 4. The van der Waals surface area contributed by atoms with Crippen molar-refractivity contribution >= 4 is 37.0 Å². The SMILES string of the molecule is Cn1nc(Br)c2c(=O)n(Cc3ccc(S(=O)(=O)N4CCCC4)o3)cnc21. The topological polar surface area (TPSA) is 103 Å². The van der Waals surface area contributed by atoms with Gasteiger partial charge in [-0.05, 0) is 40.9 Å². The van der Waals surface area contributed by atoms with Gasteiger partial charge in [0.15, 0.2) is 5.65 Å². The molecule has 1 aliphatic heterocycles. The Balaban J connectivity index is 1.66. The molecule has 1 aliphatic rings. The number of sulfonamides is 1. The molecule has 0 bridgehead atoms. The number of rotatable bonds is 4. The van der Waals surface area contributed by atoms with Gasteiger partial charge in [-0.2, -0.15) is 9.40 Å². The third-order valence-corrected chi connectivity index (χ3v) is 6.72. The average molecular weight is 442 g/mol. The highest BCUT2D eigenvalue weighted by molar-refractivity contribution is 9.10. The maximum atomic E-state index is 12.7. The van der Waals surface area contributed by atoms with E-state index in [1.807, 2.05) is 0 Å². The Kier molecular flexibility index (Phi) is 4.24. The fraction of sp³-hybridized carbons (Fsp3) is 0.400. The second kappa shape index (κ2) is 6.32. The number of hydrogen-bond donors (Lipinski definition) is 0. The van der Waals surface area contributed by atoms with Crippen LogP contribution in [0.4, 0.5) is 0 Å². The molecule has 0 N–H and O–H groups in total. The number of nitrogens with zero attached hydrogens (tertiary/aromatic N) is 5. The maximum absolute atomic E-state index is 12.7. The van der Waals surface area contributed by atoms with Crippen molar-refractivity contribution < 1.29 is 12.8 Å². The summed E-state index contributed by atoms with van der Waals surface area (Å²) in [5.41, 5.74) is 0.185. The largest absolute Gasteiger partial charge is 0.446 e. The van der Waals surface area contributed by atoms with E-state index in [-0.39, 0.29) is 17.2 Å². The summed E-state index contributed by atoms with van der Waals surface area (Å²) < 4.78 is 35.3. The molecule has 0 aromatic carbocycles. The molecule has 4 heterocycles. The summed E-state index contributed by atoms with van der Waals surface area (Å²) in [5.74, 6) is 0.367. The fourth-order valence-corrected chi connectivity index (χ4v) is 5.08. The number of aryl methyl sites for hydroxylation is 1. The molecule has 3 aromatic rings. The minimum absolute atomic E-state index is 0.0820. The maximum Gasteiger partial charge on any atom is 0.276 e. The minimum Gasteiger partial charge on any atom is -0.446 e. The van der Waals surface area contributed by atoms with Gasteiger partial charge in [-0.25, -0.2) is 18.1 Å². The molecule has 0 atom stereocenters. The second-order valence-electron chi connectivity index (χ2n) is 6.12. The van der Waals surface area contributed by atoms with Crippen molar-refractivity contribution in [3.05, 3.63) is 39.2 Å². The Morgan fingerprint density at radius 2 is 2.00 bits per heavy atom. The van der Waals surface area contributed by atoms with E-state index in [2.05, 4.69) is 26.0 Å². The van der Waals surface area contributed by atoms with Crippen LogP contribution in [0.5, 0.6) is 0 Å². The molecule has 0 aliphatic carbocycles. The summed E-state index contributed by atoms with van der Waals surface area (Å²) in [7, 11) is -1.92. The molecular weight excluding hydrogens is 426 g/mol. The predicted octanol–water partition coefficient (Wildman–Crippen LogP) is 1.32. The van der Waals surface area contributed by atoms with Gasteiger partial charge in [0.05, 0.1) is 6.54 Å². The van der Waals surface area contributed by atoms with Crippen LogP contribution in [0.25, 0.3) is 11.0 Å². The van der Waals surface area contributed by atoms with Crippen LogP contribution in [-0.2, 0) is 23.6 Å². The van der Waals surface area contributed by atoms with E-state index in [0.717, 1.165) is 12.8 Å². The first-order chi connectivity index (χ1) is 12.4. The van der Waals surface area contributed by atoms with Gasteiger partial charge >= 0.3 is 0 Å². The van der Waals surface area contributed by atoms with Crippen molar-refractivity contribution in [2.45, 2.75) is 24.5 Å². The monoisotopic (exact) mass is 441 g/mol. The molecule has 0 amide bonds. The van der Waals surface area contributed by atoms with Crippen molar-refractivity contribution in [2.75, 3.05) is 13.1 Å². The zero-order chi connectivity index (χ0) is 18.5. The highest BCUT2D eigenvalue weighted by Crippen LogP contribution is 2.23. The summed E-state index contributed by atoms with van der Waals surface area (Å²) in [5, 5.41) is 4.40. The Morgan fingerprint density at radius 3 is 2.73 bits per heavy atom. The fourth-order valence-electron chi connectivity index (χ4n) is 3.05. The Hall–Kier alpha value is -1.98. The summed E-state index contributed by atoms with van der Waals surface area (Å²) >= 11 is 3.26. The van der Waals surface area contributed by atoms with Crippen molar-refractivity contribution in [3.8, 4) is 0 Å². The van der Waals surface area contributed by atoms with Crippen LogP contribution < -0.4 is 5.56 Å². The van der Waals surface area contributed by atoms with Crippen LogP contribution >= 0.6 is 15.9 Å². The third kappa shape index (κ3) is 2.79. The van der Waals surface area contributed by atoms with Crippen molar-refractivity contribution in [1.82, 2.24) is 23.6 Å². The molecule has 1 fully saturated rings. The highest BCUT2D eigenvalue weighted by atomic mass is 79.9. The van der Waals surface area contributed by atoms with E-state index >= 15 is 0 Å². The molecule has 0 radical (unpaired) electrons. The zero-order valence-electron chi connectivity index (χ0n) is 13.9. The predicted molar refractivity (Wildman–Crippen MR) is 96.3 cm³/mol. The number of furan rings is 1. The van der Waals surface area contributed by atoms with Crippen LogP contribution in [0.3, 0.4) is 0 Å². The Morgan fingerprint density at radius 1 is 1.27 bits per heavy atom. The molecule has 3 aromatic heterocycles. The minimum atomic E-state index is -3.62. The van der Waals surface area contributed by atoms with Crippen LogP contribution in [0, 0.1) is 0 Å². The van der Waals surface area contributed by atoms with Gasteiger partial charge in [-0.15, -0.1) is 0 Å². The molecule has 9 nitrogen and oxygen atoms in total. The lowest BCUT2D eigenvalue weighted by Gasteiger charge is -2.12. The van der Waals surface area contributed by atoms with Crippen molar-refractivity contribution in [1.29, 1.82) is 0 Å². The molecule has 1 saturated heterocycles. The normalized spacial score (nSPS) is 15.9. The molecule has 0 spiro atoms. The lowest BCUT2D eigenvalue weighted by molar-refractivity contribution is 0.382. The summed E-state index contributed by atoms with van der Waals surface area (Å²) in [6, 6.07) is 3.00. The third-order valence-electron chi connectivity index (χ3n) is 4.39. The quantitative estimate of drug-likeness (QED) is 0.604. The molecule has 11 heteroatoms. The van der Waals surface area contributed by atoms with Crippen LogP contribution in [0.1, 0.15) is 18.6 Å². The Bertz CT molecular complexity index is 1140. The first-order valence-electron chi connectivity index (χ1n) is 8.04. The lowest BCUT2D eigenvalue weighted by atomic mass is 10.4. The lowest BCUT2D eigenvalue weighted by Crippen LogP contribution is -2.27. The van der Waals surface area contributed by atoms with Crippen molar-refractivity contribution in [3.63, 3.8) is 0 Å². The second-order valence-corrected chi connectivity index (χ2v) is 8.74. The first kappa shape index (κ1) is 17.4. The number of hydrogen-bond acceptors (Lipinski definition) is 6.